The van der Waals surface area contributed by atoms with Crippen molar-refractivity contribution in [3.05, 3.63) is 35.2 Å². The third-order valence-electron chi connectivity index (χ3n) is 2.29. The number of benzene rings is 1. The molecule has 0 aliphatic heterocycles. The molecule has 0 aliphatic rings. The lowest BCUT2D eigenvalue weighted by Gasteiger charge is -2.00. The molecule has 0 aliphatic carbocycles. The minimum atomic E-state index is -0.414. The lowest BCUT2D eigenvalue weighted by Crippen LogP contribution is -2.06. The van der Waals surface area contributed by atoms with E-state index >= 15 is 0 Å². The summed E-state index contributed by atoms with van der Waals surface area (Å²) in [6.07, 6.45) is 1.74. The fraction of sp³-hybridized carbons (Fsp3) is 0.250. The summed E-state index contributed by atoms with van der Waals surface area (Å²) >= 11 is 7.24. The van der Waals surface area contributed by atoms with Crippen molar-refractivity contribution in [1.29, 1.82) is 0 Å². The summed E-state index contributed by atoms with van der Waals surface area (Å²) in [6.45, 7) is 1.32. The maximum absolute atomic E-state index is 13.1. The van der Waals surface area contributed by atoms with Gasteiger partial charge in [-0.15, -0.1) is 0 Å². The molecule has 18 heavy (non-hydrogen) atoms. The van der Waals surface area contributed by atoms with Crippen LogP contribution >= 0.6 is 22.9 Å². The molecule has 1 N–H and O–H groups in total. The molecule has 0 bridgehead atoms. The van der Waals surface area contributed by atoms with Gasteiger partial charge in [0.15, 0.2) is 5.13 Å². The Morgan fingerprint density at radius 3 is 3.06 bits per heavy atom. The highest BCUT2D eigenvalue weighted by Crippen LogP contribution is 2.31. The second kappa shape index (κ2) is 6.13. The highest BCUT2D eigenvalue weighted by molar-refractivity contribution is 7.18. The van der Waals surface area contributed by atoms with Crippen LogP contribution in [0.15, 0.2) is 24.4 Å². The first-order valence-corrected chi connectivity index (χ1v) is 6.54. The van der Waals surface area contributed by atoms with E-state index < -0.39 is 5.82 Å². The number of methoxy groups -OCH3 is 1. The van der Waals surface area contributed by atoms with Crippen molar-refractivity contribution in [2.24, 2.45) is 0 Å². The van der Waals surface area contributed by atoms with Crippen LogP contribution in [0.25, 0.3) is 10.4 Å². The van der Waals surface area contributed by atoms with Gasteiger partial charge >= 0.3 is 0 Å². The minimum absolute atomic E-state index is 0.120. The van der Waals surface area contributed by atoms with Crippen molar-refractivity contribution in [1.82, 2.24) is 4.98 Å². The molecule has 0 fully saturated rings. The number of hydrogen-bond acceptors (Lipinski definition) is 4. The second-order valence-corrected chi connectivity index (χ2v) is 5.02. The van der Waals surface area contributed by atoms with E-state index in [2.05, 4.69) is 10.3 Å². The zero-order valence-electron chi connectivity index (χ0n) is 9.74. The Morgan fingerprint density at radius 1 is 1.50 bits per heavy atom. The monoisotopic (exact) mass is 286 g/mol. The number of hydrogen-bond donors (Lipinski definition) is 1. The van der Waals surface area contributed by atoms with E-state index in [9.17, 15) is 4.39 Å². The molecule has 0 spiro atoms. The average molecular weight is 287 g/mol. The Kier molecular flexibility index (Phi) is 4.52. The van der Waals surface area contributed by atoms with Gasteiger partial charge in [0.1, 0.15) is 5.82 Å². The molecule has 2 rings (SSSR count). The van der Waals surface area contributed by atoms with Gasteiger partial charge in [-0.05, 0) is 17.7 Å². The van der Waals surface area contributed by atoms with Crippen LogP contribution < -0.4 is 5.32 Å². The average Bonchev–Trinajstić information content (AvgIpc) is 2.82. The largest absolute Gasteiger partial charge is 0.383 e. The smallest absolute Gasteiger partial charge is 0.183 e. The molecule has 96 valence electrons. The molecule has 0 unspecified atom stereocenters. The molecular weight excluding hydrogens is 275 g/mol. The van der Waals surface area contributed by atoms with Crippen LogP contribution in [-0.2, 0) is 4.74 Å². The zero-order valence-corrected chi connectivity index (χ0v) is 11.3. The Labute approximate surface area is 114 Å². The van der Waals surface area contributed by atoms with Crippen molar-refractivity contribution < 1.29 is 9.13 Å². The first-order valence-electron chi connectivity index (χ1n) is 5.35. The number of halogens is 2. The first-order chi connectivity index (χ1) is 8.70. The van der Waals surface area contributed by atoms with E-state index in [-0.39, 0.29) is 5.02 Å². The molecule has 1 aromatic heterocycles. The highest BCUT2D eigenvalue weighted by Gasteiger charge is 2.07. The van der Waals surface area contributed by atoms with E-state index in [0.717, 1.165) is 15.6 Å². The molecule has 0 amide bonds. The Balaban J connectivity index is 2.11. The Hall–Kier alpha value is -1.17. The molecule has 0 radical (unpaired) electrons. The summed E-state index contributed by atoms with van der Waals surface area (Å²) in [5, 5.41) is 4.07. The van der Waals surface area contributed by atoms with E-state index in [1.165, 1.54) is 17.4 Å². The fourth-order valence-electron chi connectivity index (χ4n) is 1.40. The SMILES string of the molecule is COCCNc1ncc(-c2ccc(F)c(Cl)c2)s1. The van der Waals surface area contributed by atoms with Gasteiger partial charge in [-0.2, -0.15) is 0 Å². The van der Waals surface area contributed by atoms with Crippen LogP contribution in [0.5, 0.6) is 0 Å². The summed E-state index contributed by atoms with van der Waals surface area (Å²) < 4.78 is 18.0. The number of rotatable bonds is 5. The molecule has 1 heterocycles. The maximum atomic E-state index is 13.1. The third kappa shape index (κ3) is 3.19. The standard InChI is InChI=1S/C12H12ClFN2OS/c1-17-5-4-15-12-16-7-11(18-12)8-2-3-10(14)9(13)6-8/h2-3,6-7H,4-5H2,1H3,(H,15,16). The van der Waals surface area contributed by atoms with Gasteiger partial charge < -0.3 is 10.1 Å². The van der Waals surface area contributed by atoms with Gasteiger partial charge in [-0.25, -0.2) is 9.37 Å². The van der Waals surface area contributed by atoms with Crippen LogP contribution in [0.1, 0.15) is 0 Å². The molecule has 0 atom stereocenters. The number of thiazole rings is 1. The zero-order chi connectivity index (χ0) is 13.0. The van der Waals surface area contributed by atoms with Gasteiger partial charge in [0.2, 0.25) is 0 Å². The summed E-state index contributed by atoms with van der Waals surface area (Å²) in [5.74, 6) is -0.414. The second-order valence-electron chi connectivity index (χ2n) is 3.58. The number of ether oxygens (including phenoxy) is 1. The van der Waals surface area contributed by atoms with Gasteiger partial charge in [0, 0.05) is 19.9 Å². The van der Waals surface area contributed by atoms with Crippen molar-refractivity contribution in [3.8, 4) is 10.4 Å². The Morgan fingerprint density at radius 2 is 2.33 bits per heavy atom. The number of aromatic nitrogens is 1. The van der Waals surface area contributed by atoms with E-state index in [1.54, 1.807) is 25.4 Å². The molecule has 0 saturated carbocycles. The molecule has 1 aromatic carbocycles. The summed E-state index contributed by atoms with van der Waals surface area (Å²) in [6, 6.07) is 4.65. The van der Waals surface area contributed by atoms with Gasteiger partial charge in [-0.1, -0.05) is 29.0 Å². The predicted molar refractivity (Wildman–Crippen MR) is 72.9 cm³/mol. The minimum Gasteiger partial charge on any atom is -0.383 e. The fourth-order valence-corrected chi connectivity index (χ4v) is 2.42. The van der Waals surface area contributed by atoms with Crippen LogP contribution in [0.3, 0.4) is 0 Å². The van der Waals surface area contributed by atoms with Gasteiger partial charge in [0.05, 0.1) is 16.5 Å². The first kappa shape index (κ1) is 13.3. The van der Waals surface area contributed by atoms with Crippen LogP contribution in [0.2, 0.25) is 5.02 Å². The third-order valence-corrected chi connectivity index (χ3v) is 3.59. The summed E-state index contributed by atoms with van der Waals surface area (Å²) in [7, 11) is 1.65. The normalized spacial score (nSPS) is 10.6. The van der Waals surface area contributed by atoms with E-state index in [0.29, 0.717) is 13.2 Å². The maximum Gasteiger partial charge on any atom is 0.183 e. The summed E-state index contributed by atoms with van der Waals surface area (Å²) in [5.41, 5.74) is 0.860. The predicted octanol–water partition coefficient (Wildman–Crippen LogP) is 3.66. The van der Waals surface area contributed by atoms with Crippen molar-refractivity contribution in [2.75, 3.05) is 25.6 Å². The molecular formula is C12H12ClFN2OS. The van der Waals surface area contributed by atoms with Crippen LogP contribution in [-0.4, -0.2) is 25.2 Å². The van der Waals surface area contributed by atoms with Crippen LogP contribution in [0.4, 0.5) is 9.52 Å². The number of nitrogens with one attached hydrogen (secondary N) is 1. The van der Waals surface area contributed by atoms with Crippen LogP contribution in [0, 0.1) is 5.82 Å². The van der Waals surface area contributed by atoms with E-state index in [4.69, 9.17) is 16.3 Å². The quantitative estimate of drug-likeness (QED) is 0.852. The molecule has 2 aromatic rings. The molecule has 0 saturated heterocycles. The van der Waals surface area contributed by atoms with Gasteiger partial charge in [-0.3, -0.25) is 0 Å². The molecule has 6 heteroatoms. The van der Waals surface area contributed by atoms with Crippen molar-refractivity contribution in [2.45, 2.75) is 0 Å². The van der Waals surface area contributed by atoms with Gasteiger partial charge in [0.25, 0.3) is 0 Å². The topological polar surface area (TPSA) is 34.1 Å². The number of nitrogens with zero attached hydrogens (tertiary/aromatic N) is 1. The number of anilines is 1. The molecule has 3 nitrogen and oxygen atoms in total. The van der Waals surface area contributed by atoms with E-state index in [1.807, 2.05) is 0 Å². The Bertz CT molecular complexity index is 533. The van der Waals surface area contributed by atoms with Crippen molar-refractivity contribution >= 4 is 28.1 Å². The lowest BCUT2D eigenvalue weighted by molar-refractivity contribution is 0.211. The lowest BCUT2D eigenvalue weighted by atomic mass is 10.2. The summed E-state index contributed by atoms with van der Waals surface area (Å²) in [4.78, 5) is 5.17. The highest BCUT2D eigenvalue weighted by atomic mass is 35.5. The van der Waals surface area contributed by atoms with Crippen molar-refractivity contribution in [3.63, 3.8) is 0 Å².